The lowest BCUT2D eigenvalue weighted by Crippen LogP contribution is -2.47. The van der Waals surface area contributed by atoms with E-state index in [1.165, 1.54) is 19.4 Å². The van der Waals surface area contributed by atoms with Crippen LogP contribution in [-0.2, 0) is 11.3 Å². The van der Waals surface area contributed by atoms with E-state index >= 15 is 0 Å². The number of carbonyl (C=O) groups excluding carboxylic acids is 1. The van der Waals surface area contributed by atoms with Crippen LogP contribution in [0.25, 0.3) is 0 Å². The normalized spacial score (nSPS) is 23.4. The minimum atomic E-state index is 0.182. The van der Waals surface area contributed by atoms with E-state index in [0.717, 1.165) is 50.1 Å². The summed E-state index contributed by atoms with van der Waals surface area (Å²) in [6.07, 6.45) is 2.58. The monoisotopic (exact) mass is 337 g/mol. The molecule has 2 fully saturated rings. The molecule has 0 aromatic carbocycles. The minimum absolute atomic E-state index is 0.182. The molecule has 6 nitrogen and oxygen atoms in total. The number of hydrogen-bond acceptors (Lipinski definition) is 6. The summed E-state index contributed by atoms with van der Waals surface area (Å²) in [7, 11) is 2.20. The quantitative estimate of drug-likeness (QED) is 0.878. The van der Waals surface area contributed by atoms with Crippen LogP contribution in [0.15, 0.2) is 5.38 Å². The maximum Gasteiger partial charge on any atom is 0.219 e. The highest BCUT2D eigenvalue weighted by Crippen LogP contribution is 2.20. The molecule has 128 valence electrons. The number of thiazole rings is 1. The van der Waals surface area contributed by atoms with Crippen molar-refractivity contribution in [3.63, 3.8) is 0 Å². The number of rotatable bonds is 5. The van der Waals surface area contributed by atoms with Crippen molar-refractivity contribution in [2.75, 3.05) is 51.6 Å². The van der Waals surface area contributed by atoms with E-state index in [1.54, 1.807) is 18.3 Å². The van der Waals surface area contributed by atoms with Crippen molar-refractivity contribution >= 4 is 22.4 Å². The summed E-state index contributed by atoms with van der Waals surface area (Å²) < 4.78 is 0. The second-order valence-electron chi connectivity index (χ2n) is 6.58. The predicted molar refractivity (Wildman–Crippen MR) is 93.8 cm³/mol. The Bertz CT molecular complexity index is 526. The van der Waals surface area contributed by atoms with Gasteiger partial charge in [0.15, 0.2) is 5.13 Å². The number of anilines is 1. The van der Waals surface area contributed by atoms with Gasteiger partial charge in [-0.3, -0.25) is 9.69 Å². The van der Waals surface area contributed by atoms with E-state index in [0.29, 0.717) is 6.04 Å². The molecular weight excluding hydrogens is 310 g/mol. The highest BCUT2D eigenvalue weighted by atomic mass is 32.1. The summed E-state index contributed by atoms with van der Waals surface area (Å²) in [5.74, 6) is 0.182. The zero-order chi connectivity index (χ0) is 16.2. The van der Waals surface area contributed by atoms with E-state index < -0.39 is 0 Å². The highest BCUT2D eigenvalue weighted by Gasteiger charge is 2.21. The number of nitrogens with one attached hydrogen (secondary N) is 1. The fourth-order valence-electron chi connectivity index (χ4n) is 3.35. The molecule has 1 aromatic heterocycles. The zero-order valence-electron chi connectivity index (χ0n) is 14.1. The molecule has 7 heteroatoms. The summed E-state index contributed by atoms with van der Waals surface area (Å²) in [5, 5.41) is 6.67. The van der Waals surface area contributed by atoms with Crippen LogP contribution in [0.1, 0.15) is 25.5 Å². The van der Waals surface area contributed by atoms with Crippen LogP contribution in [0.5, 0.6) is 0 Å². The minimum Gasteiger partial charge on any atom is -0.360 e. The molecule has 2 saturated heterocycles. The summed E-state index contributed by atoms with van der Waals surface area (Å²) in [5.41, 5.74) is 1.13. The maximum atomic E-state index is 11.4. The summed E-state index contributed by atoms with van der Waals surface area (Å²) in [4.78, 5) is 22.8. The molecule has 1 N–H and O–H groups in total. The largest absolute Gasteiger partial charge is 0.360 e. The van der Waals surface area contributed by atoms with Crippen molar-refractivity contribution in [2.45, 2.75) is 32.4 Å². The number of hydrogen-bond donors (Lipinski definition) is 1. The summed E-state index contributed by atoms with van der Waals surface area (Å²) in [6, 6.07) is 0.641. The number of likely N-dealkylation sites (N-methyl/N-ethyl adjacent to an activating group) is 1. The first-order valence-electron chi connectivity index (χ1n) is 8.48. The number of nitrogens with zero attached hydrogens (tertiary/aromatic N) is 4. The Hall–Kier alpha value is -1.18. The van der Waals surface area contributed by atoms with Crippen LogP contribution in [0, 0.1) is 0 Å². The molecular formula is C16H27N5OS. The van der Waals surface area contributed by atoms with Crippen LogP contribution in [0.3, 0.4) is 0 Å². The first-order chi connectivity index (χ1) is 11.1. The number of amides is 1. The second kappa shape index (κ2) is 7.59. The molecule has 0 spiro atoms. The average molecular weight is 337 g/mol. The van der Waals surface area contributed by atoms with Crippen LogP contribution >= 0.6 is 11.3 Å². The Morgan fingerprint density at radius 1 is 1.35 bits per heavy atom. The Labute approximate surface area is 142 Å². The third-order valence-electron chi connectivity index (χ3n) is 4.92. The van der Waals surface area contributed by atoms with Crippen molar-refractivity contribution in [3.8, 4) is 0 Å². The SMILES string of the molecule is CC(=O)N1CCN(Cc2csc(NC[C@H]3CCCN3C)n2)CC1. The summed E-state index contributed by atoms with van der Waals surface area (Å²) >= 11 is 1.70. The number of carbonyl (C=O) groups is 1. The van der Waals surface area contributed by atoms with Crippen molar-refractivity contribution in [2.24, 2.45) is 0 Å². The van der Waals surface area contributed by atoms with Gasteiger partial charge in [0.2, 0.25) is 5.91 Å². The van der Waals surface area contributed by atoms with Gasteiger partial charge in [-0.25, -0.2) is 4.98 Å². The van der Waals surface area contributed by atoms with E-state index in [-0.39, 0.29) is 5.91 Å². The molecule has 0 bridgehead atoms. The third-order valence-corrected chi connectivity index (χ3v) is 5.76. The lowest BCUT2D eigenvalue weighted by Gasteiger charge is -2.33. The molecule has 0 unspecified atom stereocenters. The molecule has 0 saturated carbocycles. The molecule has 0 radical (unpaired) electrons. The van der Waals surface area contributed by atoms with Crippen molar-refractivity contribution in [3.05, 3.63) is 11.1 Å². The Balaban J connectivity index is 1.43. The molecule has 1 atom stereocenters. The molecule has 23 heavy (non-hydrogen) atoms. The van der Waals surface area contributed by atoms with Crippen molar-refractivity contribution < 1.29 is 4.79 Å². The van der Waals surface area contributed by atoms with Crippen molar-refractivity contribution in [1.82, 2.24) is 19.7 Å². The lowest BCUT2D eigenvalue weighted by atomic mass is 10.2. The van der Waals surface area contributed by atoms with Crippen molar-refractivity contribution in [1.29, 1.82) is 0 Å². The van der Waals surface area contributed by atoms with Crippen LogP contribution in [0.4, 0.5) is 5.13 Å². The Kier molecular flexibility index (Phi) is 5.50. The Morgan fingerprint density at radius 2 is 2.13 bits per heavy atom. The fraction of sp³-hybridized carbons (Fsp3) is 0.750. The van der Waals surface area contributed by atoms with Gasteiger partial charge >= 0.3 is 0 Å². The summed E-state index contributed by atoms with van der Waals surface area (Å²) in [6.45, 7) is 8.27. The van der Waals surface area contributed by atoms with Crippen LogP contribution in [-0.4, -0.2) is 77.9 Å². The van der Waals surface area contributed by atoms with Gasteiger partial charge in [-0.15, -0.1) is 11.3 Å². The number of aromatic nitrogens is 1. The number of likely N-dealkylation sites (tertiary alicyclic amines) is 1. The fourth-order valence-corrected chi connectivity index (χ4v) is 4.06. The zero-order valence-corrected chi connectivity index (χ0v) is 14.9. The molecule has 3 heterocycles. The first-order valence-corrected chi connectivity index (χ1v) is 9.36. The predicted octanol–water partition coefficient (Wildman–Crippen LogP) is 1.31. The van der Waals surface area contributed by atoms with Crippen LogP contribution < -0.4 is 5.32 Å². The van der Waals surface area contributed by atoms with Gasteiger partial charge in [-0.1, -0.05) is 0 Å². The second-order valence-corrected chi connectivity index (χ2v) is 7.44. The lowest BCUT2D eigenvalue weighted by molar-refractivity contribution is -0.130. The Morgan fingerprint density at radius 3 is 2.78 bits per heavy atom. The highest BCUT2D eigenvalue weighted by molar-refractivity contribution is 7.13. The van der Waals surface area contributed by atoms with Gasteiger partial charge in [-0.2, -0.15) is 0 Å². The van der Waals surface area contributed by atoms with Gasteiger partial charge in [0.1, 0.15) is 0 Å². The third kappa shape index (κ3) is 4.43. The van der Waals surface area contributed by atoms with Gasteiger partial charge in [-0.05, 0) is 26.4 Å². The smallest absolute Gasteiger partial charge is 0.219 e. The van der Waals surface area contributed by atoms with Gasteiger partial charge in [0.25, 0.3) is 0 Å². The van der Waals surface area contributed by atoms with E-state index in [4.69, 9.17) is 4.98 Å². The standard InChI is InChI=1S/C16H27N5OS/c1-13(22)21-8-6-20(7-9-21)11-14-12-23-16(18-14)17-10-15-4-3-5-19(15)2/h12,15H,3-11H2,1-2H3,(H,17,18)/t15-/m1/s1. The molecule has 1 amide bonds. The first kappa shape index (κ1) is 16.7. The van der Waals surface area contributed by atoms with E-state index in [9.17, 15) is 4.79 Å². The topological polar surface area (TPSA) is 51.7 Å². The molecule has 3 rings (SSSR count). The van der Waals surface area contributed by atoms with Gasteiger partial charge in [0.05, 0.1) is 5.69 Å². The van der Waals surface area contributed by atoms with Gasteiger partial charge < -0.3 is 15.1 Å². The molecule has 0 aliphatic carbocycles. The van der Waals surface area contributed by atoms with E-state index in [2.05, 4.69) is 27.5 Å². The van der Waals surface area contributed by atoms with Crippen LogP contribution in [0.2, 0.25) is 0 Å². The molecule has 2 aliphatic heterocycles. The average Bonchev–Trinajstić information content (AvgIpc) is 3.15. The maximum absolute atomic E-state index is 11.4. The van der Waals surface area contributed by atoms with Gasteiger partial charge in [0, 0.05) is 57.6 Å². The molecule has 1 aromatic rings. The molecule has 2 aliphatic rings. The van der Waals surface area contributed by atoms with E-state index in [1.807, 2.05) is 4.90 Å². The number of piperazine rings is 1.